The van der Waals surface area contributed by atoms with Crippen LogP contribution in [0.25, 0.3) is 11.1 Å². The summed E-state index contributed by atoms with van der Waals surface area (Å²) in [6.45, 7) is 0. The molecule has 2 rings (SSSR count). The van der Waals surface area contributed by atoms with Gasteiger partial charge in [0.1, 0.15) is 17.5 Å². The lowest BCUT2D eigenvalue weighted by Gasteiger charge is -2.18. The molecule has 5 nitrogen and oxygen atoms in total. The average Bonchev–Trinajstić information content (AvgIpc) is 2.53. The summed E-state index contributed by atoms with van der Waals surface area (Å²) in [4.78, 5) is 11.2. The van der Waals surface area contributed by atoms with Gasteiger partial charge in [0, 0.05) is 0 Å². The van der Waals surface area contributed by atoms with Crippen LogP contribution in [0.4, 0.5) is 0 Å². The predicted octanol–water partition coefficient (Wildman–Crippen LogP) is 2.46. The van der Waals surface area contributed by atoms with Crippen LogP contribution in [-0.2, 0) is 4.79 Å². The lowest BCUT2D eigenvalue weighted by Crippen LogP contribution is -2.21. The molecule has 1 atom stereocenters. The molecule has 3 N–H and O–H groups in total. The van der Waals surface area contributed by atoms with Gasteiger partial charge < -0.3 is 20.3 Å². The maximum atomic E-state index is 11.2. The Bertz CT molecular complexity index is 632. The van der Waals surface area contributed by atoms with E-state index in [9.17, 15) is 9.90 Å². The fourth-order valence-electron chi connectivity index (χ4n) is 2.25. The number of hydrogen-bond donors (Lipinski definition) is 2. The van der Waals surface area contributed by atoms with Gasteiger partial charge in [-0.15, -0.1) is 0 Å². The summed E-state index contributed by atoms with van der Waals surface area (Å²) in [5, 5.41) is 9.17. The molecule has 0 fully saturated rings. The zero-order valence-corrected chi connectivity index (χ0v) is 11.9. The normalized spacial score (nSPS) is 11.8. The number of nitrogens with two attached hydrogens (primary N) is 1. The summed E-state index contributed by atoms with van der Waals surface area (Å²) in [5.74, 6) is 0.107. The first-order valence-electron chi connectivity index (χ1n) is 6.38. The van der Waals surface area contributed by atoms with E-state index >= 15 is 0 Å². The highest BCUT2D eigenvalue weighted by atomic mass is 16.5. The van der Waals surface area contributed by atoms with Crippen molar-refractivity contribution in [3.63, 3.8) is 0 Å². The SMILES string of the molecule is COc1cccc(OC)c1-c1ccccc1[C@H](N)C(=O)O. The summed E-state index contributed by atoms with van der Waals surface area (Å²) < 4.78 is 10.7. The predicted molar refractivity (Wildman–Crippen MR) is 79.5 cm³/mol. The lowest BCUT2D eigenvalue weighted by molar-refractivity contribution is -0.138. The molecule has 0 spiro atoms. The van der Waals surface area contributed by atoms with Crippen LogP contribution in [0.2, 0.25) is 0 Å². The number of aliphatic carboxylic acids is 1. The number of carboxylic acid groups (broad SMARTS) is 1. The van der Waals surface area contributed by atoms with Gasteiger partial charge in [-0.3, -0.25) is 4.79 Å². The minimum Gasteiger partial charge on any atom is -0.496 e. The van der Waals surface area contributed by atoms with Gasteiger partial charge in [-0.05, 0) is 23.3 Å². The molecule has 21 heavy (non-hydrogen) atoms. The molecule has 0 saturated carbocycles. The van der Waals surface area contributed by atoms with Gasteiger partial charge in [-0.1, -0.05) is 30.3 Å². The molecular formula is C16H17NO4. The van der Waals surface area contributed by atoms with Gasteiger partial charge in [-0.2, -0.15) is 0 Å². The van der Waals surface area contributed by atoms with Crippen LogP contribution in [0.3, 0.4) is 0 Å². The third-order valence-corrected chi connectivity index (χ3v) is 3.26. The van der Waals surface area contributed by atoms with Crippen molar-refractivity contribution in [2.75, 3.05) is 14.2 Å². The monoisotopic (exact) mass is 287 g/mol. The third kappa shape index (κ3) is 2.83. The van der Waals surface area contributed by atoms with Gasteiger partial charge in [0.15, 0.2) is 0 Å². The maximum absolute atomic E-state index is 11.2. The van der Waals surface area contributed by atoms with Gasteiger partial charge in [0.25, 0.3) is 0 Å². The molecule has 0 radical (unpaired) electrons. The Balaban J connectivity index is 2.70. The van der Waals surface area contributed by atoms with Crippen LogP contribution in [0.15, 0.2) is 42.5 Å². The van der Waals surface area contributed by atoms with Crippen molar-refractivity contribution in [1.29, 1.82) is 0 Å². The Hall–Kier alpha value is -2.53. The summed E-state index contributed by atoms with van der Waals surface area (Å²) in [6.07, 6.45) is 0. The van der Waals surface area contributed by atoms with Gasteiger partial charge in [-0.25, -0.2) is 0 Å². The van der Waals surface area contributed by atoms with Crippen molar-refractivity contribution in [3.8, 4) is 22.6 Å². The van der Waals surface area contributed by atoms with Crippen LogP contribution < -0.4 is 15.2 Å². The number of ether oxygens (including phenoxy) is 2. The molecule has 0 aliphatic heterocycles. The average molecular weight is 287 g/mol. The number of carbonyl (C=O) groups is 1. The molecule has 0 unspecified atom stereocenters. The zero-order valence-electron chi connectivity index (χ0n) is 11.9. The number of methoxy groups -OCH3 is 2. The van der Waals surface area contributed by atoms with E-state index in [0.29, 0.717) is 28.2 Å². The number of rotatable bonds is 5. The smallest absolute Gasteiger partial charge is 0.325 e. The second kappa shape index (κ2) is 6.28. The standard InChI is InChI=1S/C16H17NO4/c1-20-12-8-5-9-13(21-2)14(12)10-6-3-4-7-11(10)15(17)16(18)19/h3-9,15H,17H2,1-2H3,(H,18,19)/t15-/m0/s1. The molecule has 2 aromatic rings. The first kappa shape index (κ1) is 14.9. The molecule has 0 bridgehead atoms. The maximum Gasteiger partial charge on any atom is 0.325 e. The summed E-state index contributed by atoms with van der Waals surface area (Å²) >= 11 is 0. The Kier molecular flexibility index (Phi) is 4.45. The number of hydrogen-bond acceptors (Lipinski definition) is 4. The number of carboxylic acids is 1. The summed E-state index contributed by atoms with van der Waals surface area (Å²) in [5.41, 5.74) is 7.66. The second-order valence-corrected chi connectivity index (χ2v) is 4.44. The molecule has 0 heterocycles. The van der Waals surface area contributed by atoms with Crippen LogP contribution in [0.1, 0.15) is 11.6 Å². The van der Waals surface area contributed by atoms with Crippen molar-refractivity contribution < 1.29 is 19.4 Å². The van der Waals surface area contributed by atoms with E-state index < -0.39 is 12.0 Å². The highest BCUT2D eigenvalue weighted by Crippen LogP contribution is 2.41. The van der Waals surface area contributed by atoms with Crippen LogP contribution in [0.5, 0.6) is 11.5 Å². The second-order valence-electron chi connectivity index (χ2n) is 4.44. The van der Waals surface area contributed by atoms with Crippen molar-refractivity contribution in [2.45, 2.75) is 6.04 Å². The van der Waals surface area contributed by atoms with E-state index in [0.717, 1.165) is 0 Å². The largest absolute Gasteiger partial charge is 0.496 e. The van der Waals surface area contributed by atoms with Crippen molar-refractivity contribution in [2.24, 2.45) is 5.73 Å². The van der Waals surface area contributed by atoms with Crippen LogP contribution in [-0.4, -0.2) is 25.3 Å². The van der Waals surface area contributed by atoms with Gasteiger partial charge >= 0.3 is 5.97 Å². The molecule has 0 aliphatic carbocycles. The Morgan fingerprint density at radius 3 is 2.14 bits per heavy atom. The first-order valence-corrected chi connectivity index (χ1v) is 6.38. The Labute approximate surface area is 122 Å². The van der Waals surface area contributed by atoms with E-state index in [4.69, 9.17) is 15.2 Å². The summed E-state index contributed by atoms with van der Waals surface area (Å²) in [6, 6.07) is 11.3. The van der Waals surface area contributed by atoms with Crippen molar-refractivity contribution >= 4 is 5.97 Å². The third-order valence-electron chi connectivity index (χ3n) is 3.26. The van der Waals surface area contributed by atoms with Crippen LogP contribution in [0, 0.1) is 0 Å². The molecule has 110 valence electrons. The topological polar surface area (TPSA) is 81.8 Å². The fraction of sp³-hybridized carbons (Fsp3) is 0.188. The molecule has 0 amide bonds. The van der Waals surface area contributed by atoms with E-state index in [1.54, 1.807) is 50.6 Å². The van der Waals surface area contributed by atoms with Gasteiger partial charge in [0.2, 0.25) is 0 Å². The molecular weight excluding hydrogens is 270 g/mol. The lowest BCUT2D eigenvalue weighted by atomic mass is 9.94. The van der Waals surface area contributed by atoms with Gasteiger partial charge in [0.05, 0.1) is 19.8 Å². The molecule has 0 aromatic heterocycles. The quantitative estimate of drug-likeness (QED) is 0.882. The van der Waals surface area contributed by atoms with E-state index in [1.165, 1.54) is 0 Å². The van der Waals surface area contributed by atoms with E-state index in [1.807, 2.05) is 6.07 Å². The van der Waals surface area contributed by atoms with Crippen molar-refractivity contribution in [1.82, 2.24) is 0 Å². The first-order chi connectivity index (χ1) is 10.1. The Morgan fingerprint density at radius 1 is 1.05 bits per heavy atom. The Morgan fingerprint density at radius 2 is 1.62 bits per heavy atom. The molecule has 2 aromatic carbocycles. The highest BCUT2D eigenvalue weighted by Gasteiger charge is 2.22. The van der Waals surface area contributed by atoms with E-state index in [-0.39, 0.29) is 0 Å². The van der Waals surface area contributed by atoms with Crippen LogP contribution >= 0.6 is 0 Å². The molecule has 0 aliphatic rings. The van der Waals surface area contributed by atoms with Crippen molar-refractivity contribution in [3.05, 3.63) is 48.0 Å². The minimum atomic E-state index is -1.11. The minimum absolute atomic E-state index is 0.507. The number of benzene rings is 2. The summed E-state index contributed by atoms with van der Waals surface area (Å²) in [7, 11) is 3.11. The fourth-order valence-corrected chi connectivity index (χ4v) is 2.25. The van der Waals surface area contributed by atoms with E-state index in [2.05, 4.69) is 0 Å². The highest BCUT2D eigenvalue weighted by molar-refractivity contribution is 5.84. The molecule has 5 heteroatoms. The zero-order chi connectivity index (χ0) is 15.4. The molecule has 0 saturated heterocycles.